The maximum Gasteiger partial charge on any atom is 0.164 e. The molecule has 0 aliphatic rings. The van der Waals surface area contributed by atoms with Gasteiger partial charge in [0, 0.05) is 24.7 Å². The summed E-state index contributed by atoms with van der Waals surface area (Å²) < 4.78 is 28.8. The van der Waals surface area contributed by atoms with Gasteiger partial charge in [-0.05, 0) is 23.8 Å². The minimum Gasteiger partial charge on any atom is -0.496 e. The van der Waals surface area contributed by atoms with E-state index in [1.54, 1.807) is 39.5 Å². The quantitative estimate of drug-likeness (QED) is 0.853. The zero-order chi connectivity index (χ0) is 15.9. The summed E-state index contributed by atoms with van der Waals surface area (Å²) in [5, 5.41) is 3.30. The Morgan fingerprint density at radius 3 is 2.00 bits per heavy atom. The lowest BCUT2D eigenvalue weighted by molar-refractivity contribution is 0.347. The Kier molecular flexibility index (Phi) is 5.61. The third-order valence-corrected chi connectivity index (χ3v) is 3.34. The summed E-state index contributed by atoms with van der Waals surface area (Å²) in [6, 6.07) is 10.1. The van der Waals surface area contributed by atoms with E-state index in [1.165, 1.54) is 12.1 Å². The molecule has 0 saturated heterocycles. The molecule has 118 valence electrons. The smallest absolute Gasteiger partial charge is 0.164 e. The van der Waals surface area contributed by atoms with E-state index in [0.717, 1.165) is 16.9 Å². The summed E-state index contributed by atoms with van der Waals surface area (Å²) in [5.74, 6) is 1.78. The molecule has 0 atom stereocenters. The van der Waals surface area contributed by atoms with Gasteiger partial charge in [0.2, 0.25) is 0 Å². The summed E-state index contributed by atoms with van der Waals surface area (Å²) in [6.07, 6.45) is 0. The molecule has 0 bridgehead atoms. The molecular formula is C17H20FNO3. The summed E-state index contributed by atoms with van der Waals surface area (Å²) >= 11 is 0. The van der Waals surface area contributed by atoms with Crippen LogP contribution in [0, 0.1) is 5.82 Å². The van der Waals surface area contributed by atoms with Crippen molar-refractivity contribution >= 4 is 0 Å². The minimum atomic E-state index is -0.231. The third kappa shape index (κ3) is 3.89. The van der Waals surface area contributed by atoms with E-state index in [9.17, 15) is 4.39 Å². The van der Waals surface area contributed by atoms with Crippen LogP contribution >= 0.6 is 0 Å². The molecule has 4 nitrogen and oxygen atoms in total. The van der Waals surface area contributed by atoms with Gasteiger partial charge in [-0.3, -0.25) is 0 Å². The maximum absolute atomic E-state index is 12.9. The summed E-state index contributed by atoms with van der Waals surface area (Å²) in [6.45, 7) is 1.23. The van der Waals surface area contributed by atoms with Gasteiger partial charge >= 0.3 is 0 Å². The third-order valence-electron chi connectivity index (χ3n) is 3.34. The van der Waals surface area contributed by atoms with Crippen LogP contribution in [0.5, 0.6) is 17.2 Å². The van der Waals surface area contributed by atoms with Gasteiger partial charge in [0.1, 0.15) is 11.6 Å². The highest BCUT2D eigenvalue weighted by atomic mass is 19.1. The topological polar surface area (TPSA) is 39.7 Å². The predicted molar refractivity (Wildman–Crippen MR) is 83.0 cm³/mol. The van der Waals surface area contributed by atoms with E-state index in [-0.39, 0.29) is 5.82 Å². The van der Waals surface area contributed by atoms with Crippen LogP contribution in [0.15, 0.2) is 36.4 Å². The standard InChI is InChI=1S/C17H20FNO3/c1-20-15-9-17(22-3)16(21-2)8-13(15)11-19-10-12-4-6-14(18)7-5-12/h4-9,19H,10-11H2,1-3H3. The zero-order valence-corrected chi connectivity index (χ0v) is 13.0. The first-order chi connectivity index (χ1) is 10.7. The Balaban J connectivity index is 2.06. The molecule has 0 saturated carbocycles. The second-order valence-corrected chi connectivity index (χ2v) is 4.75. The number of ether oxygens (including phenoxy) is 3. The highest BCUT2D eigenvalue weighted by Gasteiger charge is 2.11. The Morgan fingerprint density at radius 1 is 0.818 bits per heavy atom. The van der Waals surface area contributed by atoms with E-state index in [2.05, 4.69) is 5.32 Å². The van der Waals surface area contributed by atoms with Crippen molar-refractivity contribution in [2.45, 2.75) is 13.1 Å². The van der Waals surface area contributed by atoms with E-state index in [4.69, 9.17) is 14.2 Å². The van der Waals surface area contributed by atoms with Gasteiger partial charge in [-0.25, -0.2) is 4.39 Å². The molecule has 0 radical (unpaired) electrons. The van der Waals surface area contributed by atoms with E-state index >= 15 is 0 Å². The van der Waals surface area contributed by atoms with Gasteiger partial charge in [0.05, 0.1) is 21.3 Å². The van der Waals surface area contributed by atoms with Crippen LogP contribution in [0.3, 0.4) is 0 Å². The summed E-state index contributed by atoms with van der Waals surface area (Å²) in [4.78, 5) is 0. The maximum atomic E-state index is 12.9. The highest BCUT2D eigenvalue weighted by Crippen LogP contribution is 2.34. The van der Waals surface area contributed by atoms with Crippen molar-refractivity contribution in [3.8, 4) is 17.2 Å². The van der Waals surface area contributed by atoms with Gasteiger partial charge in [-0.2, -0.15) is 0 Å². The van der Waals surface area contributed by atoms with Crippen molar-refractivity contribution in [1.29, 1.82) is 0 Å². The van der Waals surface area contributed by atoms with Crippen LogP contribution in [0.2, 0.25) is 0 Å². The molecule has 0 fully saturated rings. The van der Waals surface area contributed by atoms with Gasteiger partial charge in [0.15, 0.2) is 11.5 Å². The molecule has 0 amide bonds. The van der Waals surface area contributed by atoms with E-state index in [0.29, 0.717) is 24.6 Å². The molecule has 22 heavy (non-hydrogen) atoms. The molecule has 5 heteroatoms. The van der Waals surface area contributed by atoms with E-state index in [1.807, 2.05) is 6.07 Å². The fourth-order valence-electron chi connectivity index (χ4n) is 2.17. The van der Waals surface area contributed by atoms with Crippen molar-refractivity contribution in [2.75, 3.05) is 21.3 Å². The largest absolute Gasteiger partial charge is 0.496 e. The molecule has 0 aromatic heterocycles. The Labute approximate surface area is 129 Å². The average Bonchev–Trinajstić information content (AvgIpc) is 2.56. The number of nitrogens with one attached hydrogen (secondary N) is 1. The van der Waals surface area contributed by atoms with Crippen LogP contribution < -0.4 is 19.5 Å². The Hall–Kier alpha value is -2.27. The lowest BCUT2D eigenvalue weighted by Crippen LogP contribution is -2.13. The van der Waals surface area contributed by atoms with Crippen LogP contribution in [-0.4, -0.2) is 21.3 Å². The van der Waals surface area contributed by atoms with Crippen LogP contribution in [-0.2, 0) is 13.1 Å². The molecular weight excluding hydrogens is 285 g/mol. The number of halogens is 1. The van der Waals surface area contributed by atoms with Crippen LogP contribution in [0.1, 0.15) is 11.1 Å². The first-order valence-corrected chi connectivity index (χ1v) is 6.92. The summed E-state index contributed by atoms with van der Waals surface area (Å²) in [5.41, 5.74) is 1.98. The highest BCUT2D eigenvalue weighted by molar-refractivity contribution is 5.50. The molecule has 0 aliphatic heterocycles. The SMILES string of the molecule is COc1cc(OC)c(OC)cc1CNCc1ccc(F)cc1. The molecule has 2 aromatic carbocycles. The van der Waals surface area contributed by atoms with Gasteiger partial charge < -0.3 is 19.5 Å². The van der Waals surface area contributed by atoms with Crippen molar-refractivity contribution < 1.29 is 18.6 Å². The zero-order valence-electron chi connectivity index (χ0n) is 13.0. The fourth-order valence-corrected chi connectivity index (χ4v) is 2.17. The molecule has 2 rings (SSSR count). The minimum absolute atomic E-state index is 0.231. The molecule has 0 spiro atoms. The van der Waals surface area contributed by atoms with Gasteiger partial charge in [-0.15, -0.1) is 0 Å². The normalized spacial score (nSPS) is 10.4. The van der Waals surface area contributed by atoms with Crippen LogP contribution in [0.4, 0.5) is 4.39 Å². The van der Waals surface area contributed by atoms with Gasteiger partial charge in [0.25, 0.3) is 0 Å². The van der Waals surface area contributed by atoms with Crippen molar-refractivity contribution in [3.63, 3.8) is 0 Å². The molecule has 0 aliphatic carbocycles. The van der Waals surface area contributed by atoms with Gasteiger partial charge in [-0.1, -0.05) is 12.1 Å². The van der Waals surface area contributed by atoms with Crippen molar-refractivity contribution in [2.24, 2.45) is 0 Å². The molecule has 2 aromatic rings. The first-order valence-electron chi connectivity index (χ1n) is 6.92. The Bertz CT molecular complexity index is 614. The predicted octanol–water partition coefficient (Wildman–Crippen LogP) is 3.14. The molecule has 0 unspecified atom stereocenters. The summed E-state index contributed by atoms with van der Waals surface area (Å²) in [7, 11) is 4.80. The Morgan fingerprint density at radius 2 is 1.41 bits per heavy atom. The lowest BCUT2D eigenvalue weighted by atomic mass is 10.1. The second kappa shape index (κ2) is 7.66. The van der Waals surface area contributed by atoms with Crippen molar-refractivity contribution in [3.05, 3.63) is 53.3 Å². The lowest BCUT2D eigenvalue weighted by Gasteiger charge is -2.14. The number of methoxy groups -OCH3 is 3. The van der Waals surface area contributed by atoms with Crippen LogP contribution in [0.25, 0.3) is 0 Å². The van der Waals surface area contributed by atoms with E-state index < -0.39 is 0 Å². The number of rotatable bonds is 7. The first kappa shape index (κ1) is 16.1. The monoisotopic (exact) mass is 305 g/mol. The number of hydrogen-bond acceptors (Lipinski definition) is 4. The molecule has 0 heterocycles. The number of hydrogen-bond donors (Lipinski definition) is 1. The number of benzene rings is 2. The fraction of sp³-hybridized carbons (Fsp3) is 0.294. The average molecular weight is 305 g/mol. The molecule has 1 N–H and O–H groups in total. The van der Waals surface area contributed by atoms with Crippen molar-refractivity contribution in [1.82, 2.24) is 5.32 Å². The second-order valence-electron chi connectivity index (χ2n) is 4.75.